The van der Waals surface area contributed by atoms with Gasteiger partial charge in [0, 0.05) is 30.1 Å². The van der Waals surface area contributed by atoms with Crippen LogP contribution in [0.3, 0.4) is 0 Å². The number of benzene rings is 1. The number of para-hydroxylation sites is 1. The van der Waals surface area contributed by atoms with Gasteiger partial charge in [-0.1, -0.05) is 18.2 Å². The van der Waals surface area contributed by atoms with Crippen LogP contribution >= 0.6 is 0 Å². The van der Waals surface area contributed by atoms with Gasteiger partial charge in [-0.25, -0.2) is 4.79 Å². The van der Waals surface area contributed by atoms with Crippen molar-refractivity contribution in [1.82, 2.24) is 19.3 Å². The Bertz CT molecular complexity index is 824. The Kier molecular flexibility index (Phi) is 2.71. The maximum Gasteiger partial charge on any atom is 0.332 e. The molecule has 0 saturated carbocycles. The molecule has 0 bridgehead atoms. The number of imidazole rings is 1. The first-order valence-corrected chi connectivity index (χ1v) is 6.23. The van der Waals surface area contributed by atoms with Crippen molar-refractivity contribution in [1.29, 1.82) is 0 Å². The van der Waals surface area contributed by atoms with E-state index in [1.54, 1.807) is 28.6 Å². The summed E-state index contributed by atoms with van der Waals surface area (Å²) in [6.07, 6.45) is 3.47. The summed E-state index contributed by atoms with van der Waals surface area (Å²) in [7, 11) is 1.74. The molecule has 0 aliphatic carbocycles. The predicted molar refractivity (Wildman–Crippen MR) is 77.7 cm³/mol. The van der Waals surface area contributed by atoms with E-state index in [2.05, 4.69) is 10.2 Å². The number of nitrogens with one attached hydrogen (secondary N) is 1. The minimum absolute atomic E-state index is 0.0861. The normalized spacial score (nSPS) is 10.9. The Morgan fingerprint density at radius 1 is 1.25 bits per heavy atom. The number of nitrogen functional groups attached to an aromatic ring is 1. The van der Waals surface area contributed by atoms with Gasteiger partial charge < -0.3 is 10.3 Å². The Morgan fingerprint density at radius 2 is 2.00 bits per heavy atom. The van der Waals surface area contributed by atoms with Gasteiger partial charge in [0.15, 0.2) is 0 Å². The molecule has 0 fully saturated rings. The van der Waals surface area contributed by atoms with E-state index in [-0.39, 0.29) is 5.69 Å². The number of aromatic amines is 1. The predicted octanol–water partition coefficient (Wildman–Crippen LogP) is 1.46. The summed E-state index contributed by atoms with van der Waals surface area (Å²) in [6.45, 7) is 1.90. The molecule has 0 spiro atoms. The molecule has 20 heavy (non-hydrogen) atoms. The van der Waals surface area contributed by atoms with E-state index in [1.165, 1.54) is 0 Å². The van der Waals surface area contributed by atoms with Crippen LogP contribution in [0.4, 0.5) is 5.82 Å². The number of hydrogen-bond donors (Lipinski definition) is 2. The monoisotopic (exact) mass is 269 g/mol. The summed E-state index contributed by atoms with van der Waals surface area (Å²) in [6, 6.07) is 7.63. The first-order valence-electron chi connectivity index (χ1n) is 6.23. The number of rotatable bonds is 2. The molecule has 0 atom stereocenters. The summed E-state index contributed by atoms with van der Waals surface area (Å²) in [4.78, 5) is 12.3. The largest absolute Gasteiger partial charge is 0.384 e. The van der Waals surface area contributed by atoms with Crippen LogP contribution in [0.2, 0.25) is 0 Å². The molecule has 0 radical (unpaired) electrons. The quantitative estimate of drug-likeness (QED) is 0.739. The van der Waals surface area contributed by atoms with Gasteiger partial charge in [-0.05, 0) is 13.0 Å². The van der Waals surface area contributed by atoms with Crippen molar-refractivity contribution in [2.45, 2.75) is 6.92 Å². The zero-order valence-electron chi connectivity index (χ0n) is 11.3. The number of H-pyrrole nitrogens is 1. The average molecular weight is 269 g/mol. The highest BCUT2D eigenvalue weighted by molar-refractivity contribution is 5.79. The van der Waals surface area contributed by atoms with E-state index in [0.717, 1.165) is 22.5 Å². The van der Waals surface area contributed by atoms with Crippen LogP contribution in [-0.2, 0) is 7.05 Å². The van der Waals surface area contributed by atoms with Crippen LogP contribution in [0.1, 0.15) is 5.69 Å². The number of nitrogens with zero attached hydrogens (tertiary/aromatic N) is 3. The molecule has 6 heteroatoms. The van der Waals surface area contributed by atoms with E-state index >= 15 is 0 Å². The fraction of sp³-hybridized carbons (Fsp3) is 0.143. The summed E-state index contributed by atoms with van der Waals surface area (Å²) in [5.74, 6) is 0.485. The van der Waals surface area contributed by atoms with Gasteiger partial charge in [0.25, 0.3) is 0 Å². The second-order valence-electron chi connectivity index (χ2n) is 4.71. The van der Waals surface area contributed by atoms with Crippen molar-refractivity contribution >= 4 is 5.82 Å². The summed E-state index contributed by atoms with van der Waals surface area (Å²) in [5, 5.41) is 6.66. The zero-order valence-corrected chi connectivity index (χ0v) is 11.3. The van der Waals surface area contributed by atoms with Gasteiger partial charge in [-0.3, -0.25) is 9.67 Å². The molecule has 102 valence electrons. The topological polar surface area (TPSA) is 81.6 Å². The SMILES string of the molecule is Cc1cn(C)c(=O)n1-c1ccccc1-c1cn[nH]c1N. The second-order valence-corrected chi connectivity index (χ2v) is 4.71. The molecule has 3 rings (SSSR count). The fourth-order valence-corrected chi connectivity index (χ4v) is 2.40. The highest BCUT2D eigenvalue weighted by Crippen LogP contribution is 2.29. The molecule has 0 aliphatic heterocycles. The maximum atomic E-state index is 12.3. The molecule has 6 nitrogen and oxygen atoms in total. The van der Waals surface area contributed by atoms with Crippen molar-refractivity contribution < 1.29 is 0 Å². The van der Waals surface area contributed by atoms with E-state index in [0.29, 0.717) is 5.82 Å². The van der Waals surface area contributed by atoms with Gasteiger partial charge in [0.05, 0.1) is 11.9 Å². The lowest BCUT2D eigenvalue weighted by atomic mass is 10.1. The second kappa shape index (κ2) is 4.41. The highest BCUT2D eigenvalue weighted by atomic mass is 16.1. The van der Waals surface area contributed by atoms with Crippen molar-refractivity contribution in [2.75, 3.05) is 5.73 Å². The lowest BCUT2D eigenvalue weighted by Crippen LogP contribution is -2.21. The van der Waals surface area contributed by atoms with Crippen LogP contribution in [0, 0.1) is 6.92 Å². The Hall–Kier alpha value is -2.76. The van der Waals surface area contributed by atoms with Crippen molar-refractivity contribution in [3.8, 4) is 16.8 Å². The molecule has 0 aliphatic rings. The number of nitrogens with two attached hydrogens (primary N) is 1. The van der Waals surface area contributed by atoms with E-state index < -0.39 is 0 Å². The first-order chi connectivity index (χ1) is 9.59. The van der Waals surface area contributed by atoms with Crippen LogP contribution in [-0.4, -0.2) is 19.3 Å². The first kappa shape index (κ1) is 12.3. The average Bonchev–Trinajstić information content (AvgIpc) is 2.95. The molecule has 0 amide bonds. The molecule has 2 aromatic heterocycles. The van der Waals surface area contributed by atoms with E-state index in [1.807, 2.05) is 31.2 Å². The maximum absolute atomic E-state index is 12.3. The molecular formula is C14H15N5O. The highest BCUT2D eigenvalue weighted by Gasteiger charge is 2.14. The standard InChI is InChI=1S/C14H15N5O/c1-9-8-18(2)14(20)19(9)12-6-4-3-5-10(12)11-7-16-17-13(11)15/h3-8H,1-2H3,(H3,15,16,17). The fourth-order valence-electron chi connectivity index (χ4n) is 2.40. The smallest absolute Gasteiger partial charge is 0.332 e. The van der Waals surface area contributed by atoms with Crippen LogP contribution < -0.4 is 11.4 Å². The molecule has 3 N–H and O–H groups in total. The number of anilines is 1. The van der Waals surface area contributed by atoms with Crippen LogP contribution in [0.5, 0.6) is 0 Å². The van der Waals surface area contributed by atoms with Crippen molar-refractivity contribution in [2.24, 2.45) is 7.05 Å². The zero-order chi connectivity index (χ0) is 14.3. The minimum atomic E-state index is -0.0861. The molecule has 2 heterocycles. The molecule has 0 saturated heterocycles. The van der Waals surface area contributed by atoms with Gasteiger partial charge in [-0.15, -0.1) is 0 Å². The van der Waals surface area contributed by atoms with Crippen molar-refractivity contribution in [3.63, 3.8) is 0 Å². The Morgan fingerprint density at radius 3 is 2.60 bits per heavy atom. The third-order valence-corrected chi connectivity index (χ3v) is 3.33. The van der Waals surface area contributed by atoms with Crippen LogP contribution in [0.15, 0.2) is 41.5 Å². The van der Waals surface area contributed by atoms with Gasteiger partial charge in [0.2, 0.25) is 0 Å². The number of aryl methyl sites for hydroxylation is 2. The molecule has 1 aromatic carbocycles. The summed E-state index contributed by atoms with van der Waals surface area (Å²) in [5.41, 5.74) is 9.13. The lowest BCUT2D eigenvalue weighted by Gasteiger charge is -2.10. The summed E-state index contributed by atoms with van der Waals surface area (Å²) >= 11 is 0. The van der Waals surface area contributed by atoms with Crippen LogP contribution in [0.25, 0.3) is 16.8 Å². The molecular weight excluding hydrogens is 254 g/mol. The van der Waals surface area contributed by atoms with Gasteiger partial charge in [-0.2, -0.15) is 5.10 Å². The third kappa shape index (κ3) is 1.73. The van der Waals surface area contributed by atoms with Crippen molar-refractivity contribution in [3.05, 3.63) is 52.8 Å². The van der Waals surface area contributed by atoms with Gasteiger partial charge >= 0.3 is 5.69 Å². The van der Waals surface area contributed by atoms with E-state index in [4.69, 9.17) is 5.73 Å². The number of hydrogen-bond acceptors (Lipinski definition) is 3. The minimum Gasteiger partial charge on any atom is -0.384 e. The summed E-state index contributed by atoms with van der Waals surface area (Å²) < 4.78 is 3.23. The molecule has 3 aromatic rings. The molecule has 0 unspecified atom stereocenters. The number of aromatic nitrogens is 4. The third-order valence-electron chi connectivity index (χ3n) is 3.33. The van der Waals surface area contributed by atoms with Gasteiger partial charge in [0.1, 0.15) is 5.82 Å². The Labute approximate surface area is 115 Å². The van der Waals surface area contributed by atoms with E-state index in [9.17, 15) is 4.79 Å². The Balaban J connectivity index is 2.31. The lowest BCUT2D eigenvalue weighted by molar-refractivity contribution is 0.821.